The summed E-state index contributed by atoms with van der Waals surface area (Å²) in [6.45, 7) is 4.00. The SMILES string of the molecule is CCOC(=O)[C@H]1[C@@H]2OC3(CC2Br)C(C(=O)Nc2c(C)cccc2Cl)N(CCCCO)C(=O)[C@H]13. The second-order valence-electron chi connectivity index (χ2n) is 8.80. The molecule has 180 valence electrons. The number of esters is 1. The number of benzene rings is 1. The molecule has 2 amide bonds. The molecule has 3 fully saturated rings. The highest BCUT2D eigenvalue weighted by molar-refractivity contribution is 9.09. The number of unbranched alkanes of at least 4 members (excludes halogenated alkanes) is 1. The lowest BCUT2D eigenvalue weighted by atomic mass is 9.70. The first kappa shape index (κ1) is 24.4. The van der Waals surface area contributed by atoms with Crippen LogP contribution in [0.2, 0.25) is 5.02 Å². The first-order chi connectivity index (χ1) is 15.8. The number of para-hydroxylation sites is 1. The summed E-state index contributed by atoms with van der Waals surface area (Å²) in [4.78, 5) is 41.5. The summed E-state index contributed by atoms with van der Waals surface area (Å²) in [6, 6.07) is 4.38. The van der Waals surface area contributed by atoms with Crippen LogP contribution < -0.4 is 5.32 Å². The van der Waals surface area contributed by atoms with Gasteiger partial charge >= 0.3 is 5.97 Å². The van der Waals surface area contributed by atoms with E-state index in [-0.39, 0.29) is 30.5 Å². The average molecular weight is 544 g/mol. The minimum Gasteiger partial charge on any atom is -0.466 e. The van der Waals surface area contributed by atoms with Crippen LogP contribution in [0.5, 0.6) is 0 Å². The third-order valence-electron chi connectivity index (χ3n) is 6.87. The molecule has 8 nitrogen and oxygen atoms in total. The number of ether oxygens (including phenoxy) is 2. The van der Waals surface area contributed by atoms with E-state index in [1.807, 2.05) is 13.0 Å². The summed E-state index contributed by atoms with van der Waals surface area (Å²) in [6.07, 6.45) is 0.881. The van der Waals surface area contributed by atoms with Gasteiger partial charge in [-0.1, -0.05) is 39.7 Å². The quantitative estimate of drug-likeness (QED) is 0.297. The molecule has 3 saturated heterocycles. The van der Waals surface area contributed by atoms with Crippen LogP contribution in [0, 0.1) is 18.8 Å². The van der Waals surface area contributed by atoms with Gasteiger partial charge in [-0.3, -0.25) is 14.4 Å². The molecule has 0 radical (unpaired) electrons. The summed E-state index contributed by atoms with van der Waals surface area (Å²) in [5, 5.41) is 12.5. The summed E-state index contributed by atoms with van der Waals surface area (Å²) in [5.74, 6) is -2.76. The molecule has 10 heteroatoms. The number of halogens is 2. The first-order valence-electron chi connectivity index (χ1n) is 11.2. The van der Waals surface area contributed by atoms with Gasteiger partial charge in [0.05, 0.1) is 35.3 Å². The summed E-state index contributed by atoms with van der Waals surface area (Å²) >= 11 is 9.94. The lowest BCUT2D eigenvalue weighted by Crippen LogP contribution is -2.54. The standard InChI is InChI=1S/C23H28BrClN2O6/c1-3-32-22(31)15-16-21(30)27(9-4-5-10-28)19(23(16)11-13(24)18(15)33-23)20(29)26-17-12(2)7-6-8-14(17)25/h6-8,13,15-16,18-19,28H,3-5,9-11H2,1-2H3,(H,26,29)/t13?,15-,16+,18-,19?,23?/m1/s1. The molecule has 0 aromatic heterocycles. The predicted octanol–water partition coefficient (Wildman–Crippen LogP) is 2.67. The average Bonchev–Trinajstić information content (AvgIpc) is 3.35. The fourth-order valence-corrected chi connectivity index (χ4v) is 6.77. The van der Waals surface area contributed by atoms with Crippen LogP contribution in [0.4, 0.5) is 5.69 Å². The molecule has 1 aromatic carbocycles. The molecule has 0 saturated carbocycles. The Morgan fingerprint density at radius 3 is 2.82 bits per heavy atom. The number of nitrogens with zero attached hydrogens (tertiary/aromatic N) is 1. The number of amides is 2. The number of alkyl halides is 1. The van der Waals surface area contributed by atoms with E-state index in [9.17, 15) is 19.5 Å². The molecule has 2 N–H and O–H groups in total. The maximum Gasteiger partial charge on any atom is 0.312 e. The largest absolute Gasteiger partial charge is 0.466 e. The number of anilines is 1. The topological polar surface area (TPSA) is 105 Å². The Kier molecular flexibility index (Phi) is 7.05. The number of nitrogens with one attached hydrogen (secondary N) is 1. The monoisotopic (exact) mass is 542 g/mol. The molecule has 3 aliphatic heterocycles. The summed E-state index contributed by atoms with van der Waals surface area (Å²) in [5.41, 5.74) is 0.128. The van der Waals surface area contributed by atoms with Crippen LogP contribution >= 0.6 is 27.5 Å². The minimum absolute atomic E-state index is 0.0141. The first-order valence-corrected chi connectivity index (χ1v) is 12.5. The molecular weight excluding hydrogens is 516 g/mol. The van der Waals surface area contributed by atoms with Crippen molar-refractivity contribution >= 4 is 51.0 Å². The molecule has 3 unspecified atom stereocenters. The zero-order valence-corrected chi connectivity index (χ0v) is 20.9. The highest BCUT2D eigenvalue weighted by atomic mass is 79.9. The maximum absolute atomic E-state index is 13.7. The highest BCUT2D eigenvalue weighted by Crippen LogP contribution is 2.60. The molecule has 33 heavy (non-hydrogen) atoms. The van der Waals surface area contributed by atoms with Gasteiger partial charge in [0.1, 0.15) is 11.6 Å². The van der Waals surface area contributed by atoms with Crippen molar-refractivity contribution in [2.75, 3.05) is 25.1 Å². The zero-order valence-electron chi connectivity index (χ0n) is 18.6. The van der Waals surface area contributed by atoms with Gasteiger partial charge in [0.15, 0.2) is 0 Å². The van der Waals surface area contributed by atoms with Crippen molar-refractivity contribution in [3.8, 4) is 0 Å². The van der Waals surface area contributed by atoms with E-state index in [0.29, 0.717) is 30.0 Å². The molecule has 4 rings (SSSR count). The van der Waals surface area contributed by atoms with Crippen molar-refractivity contribution in [2.24, 2.45) is 11.8 Å². The van der Waals surface area contributed by atoms with Gasteiger partial charge in [-0.25, -0.2) is 0 Å². The molecule has 3 heterocycles. The van der Waals surface area contributed by atoms with Crippen LogP contribution in [0.1, 0.15) is 31.7 Å². The third-order valence-corrected chi connectivity index (χ3v) is 8.03. The Morgan fingerprint density at radius 1 is 1.39 bits per heavy atom. The lowest BCUT2D eigenvalue weighted by molar-refractivity contribution is -0.154. The number of carbonyl (C=O) groups excluding carboxylic acids is 3. The molecule has 2 bridgehead atoms. The normalized spacial score (nSPS) is 32.2. The van der Waals surface area contributed by atoms with Crippen molar-refractivity contribution in [2.45, 2.75) is 55.7 Å². The van der Waals surface area contributed by atoms with E-state index in [0.717, 1.165) is 5.56 Å². The van der Waals surface area contributed by atoms with Gasteiger partial charge in [0.25, 0.3) is 0 Å². The van der Waals surface area contributed by atoms with Gasteiger partial charge in [-0.05, 0) is 44.7 Å². The second-order valence-corrected chi connectivity index (χ2v) is 10.4. The van der Waals surface area contributed by atoms with E-state index >= 15 is 0 Å². The molecule has 6 atom stereocenters. The molecule has 1 spiro atoms. The lowest BCUT2D eigenvalue weighted by Gasteiger charge is -2.34. The van der Waals surface area contributed by atoms with E-state index in [2.05, 4.69) is 21.2 Å². The summed E-state index contributed by atoms with van der Waals surface area (Å²) in [7, 11) is 0. The minimum atomic E-state index is -1.15. The Hall–Kier alpha value is -1.68. The second kappa shape index (κ2) is 9.52. The van der Waals surface area contributed by atoms with Gasteiger partial charge in [0, 0.05) is 18.0 Å². The van der Waals surface area contributed by atoms with Crippen molar-refractivity contribution < 1.29 is 29.0 Å². The number of rotatable bonds is 8. The van der Waals surface area contributed by atoms with Gasteiger partial charge < -0.3 is 24.8 Å². The fraction of sp³-hybridized carbons (Fsp3) is 0.609. The molecule has 1 aromatic rings. The predicted molar refractivity (Wildman–Crippen MR) is 125 cm³/mol. The van der Waals surface area contributed by atoms with Crippen LogP contribution in [-0.2, 0) is 23.9 Å². The number of hydrogen-bond donors (Lipinski definition) is 2. The highest BCUT2D eigenvalue weighted by Gasteiger charge is 2.76. The van der Waals surface area contributed by atoms with Crippen molar-refractivity contribution in [3.05, 3.63) is 28.8 Å². The van der Waals surface area contributed by atoms with Gasteiger partial charge in [0.2, 0.25) is 11.8 Å². The zero-order chi connectivity index (χ0) is 23.9. The number of aryl methyl sites for hydroxylation is 1. The smallest absolute Gasteiger partial charge is 0.312 e. The van der Waals surface area contributed by atoms with E-state index in [4.69, 9.17) is 21.1 Å². The van der Waals surface area contributed by atoms with Crippen molar-refractivity contribution in [3.63, 3.8) is 0 Å². The van der Waals surface area contributed by atoms with Crippen molar-refractivity contribution in [1.29, 1.82) is 0 Å². The molecule has 3 aliphatic rings. The Balaban J connectivity index is 1.72. The van der Waals surface area contributed by atoms with Crippen LogP contribution in [-0.4, -0.2) is 70.1 Å². The number of aliphatic hydroxyl groups excluding tert-OH is 1. The summed E-state index contributed by atoms with van der Waals surface area (Å²) < 4.78 is 11.6. The molecule has 0 aliphatic carbocycles. The number of likely N-dealkylation sites (tertiary alicyclic amines) is 1. The van der Waals surface area contributed by atoms with Gasteiger partial charge in [-0.2, -0.15) is 0 Å². The Morgan fingerprint density at radius 2 is 2.15 bits per heavy atom. The van der Waals surface area contributed by atoms with E-state index < -0.39 is 41.5 Å². The van der Waals surface area contributed by atoms with E-state index in [1.165, 1.54) is 4.90 Å². The van der Waals surface area contributed by atoms with E-state index in [1.54, 1.807) is 19.1 Å². The Bertz CT molecular complexity index is 941. The number of hydrogen-bond acceptors (Lipinski definition) is 6. The van der Waals surface area contributed by atoms with Gasteiger partial charge in [-0.15, -0.1) is 0 Å². The number of carbonyl (C=O) groups is 3. The maximum atomic E-state index is 13.7. The van der Waals surface area contributed by atoms with Crippen LogP contribution in [0.25, 0.3) is 0 Å². The number of fused-ring (bicyclic) bond motifs is 1. The Labute approximate surface area is 206 Å². The van der Waals surface area contributed by atoms with Crippen LogP contribution in [0.3, 0.4) is 0 Å². The van der Waals surface area contributed by atoms with Crippen molar-refractivity contribution in [1.82, 2.24) is 4.90 Å². The third kappa shape index (κ3) is 3.96. The molecular formula is C23H28BrClN2O6. The van der Waals surface area contributed by atoms with Crippen LogP contribution in [0.15, 0.2) is 18.2 Å². The number of aliphatic hydroxyl groups is 1. The fourth-order valence-electron chi connectivity index (χ4n) is 5.55.